The largest absolute Gasteiger partial charge is 0.377 e. The van der Waals surface area contributed by atoms with E-state index in [1.54, 1.807) is 0 Å². The quantitative estimate of drug-likeness (QED) is 0.805. The monoisotopic (exact) mass is 265 g/mol. The molecule has 0 amide bonds. The Labute approximate surface area is 111 Å². The first-order chi connectivity index (χ1) is 8.06. The minimum atomic E-state index is 0.286. The van der Waals surface area contributed by atoms with Gasteiger partial charge in [0.2, 0.25) is 0 Å². The summed E-state index contributed by atoms with van der Waals surface area (Å²) >= 11 is 8.03. The number of rotatable bonds is 3. The molecule has 0 spiro atoms. The number of thiophene rings is 1. The molecule has 0 aliphatic carbocycles. The molecule has 90 valence electrons. The molecule has 0 saturated carbocycles. The van der Waals surface area contributed by atoms with Crippen molar-refractivity contribution in [3.05, 3.63) is 50.7 Å². The van der Waals surface area contributed by atoms with Gasteiger partial charge in [0.15, 0.2) is 0 Å². The maximum absolute atomic E-state index is 6.21. The number of halogens is 1. The van der Waals surface area contributed by atoms with Gasteiger partial charge >= 0.3 is 0 Å². The molecule has 1 N–H and O–H groups in total. The van der Waals surface area contributed by atoms with Crippen molar-refractivity contribution in [2.75, 3.05) is 5.32 Å². The van der Waals surface area contributed by atoms with Crippen LogP contribution < -0.4 is 5.32 Å². The van der Waals surface area contributed by atoms with Crippen LogP contribution in [0.15, 0.2) is 30.3 Å². The molecular weight excluding hydrogens is 250 g/mol. The third-order valence-electron chi connectivity index (χ3n) is 2.68. The normalized spacial score (nSPS) is 12.5. The molecule has 1 unspecified atom stereocenters. The van der Waals surface area contributed by atoms with Crippen molar-refractivity contribution in [3.8, 4) is 0 Å². The minimum absolute atomic E-state index is 0.286. The van der Waals surface area contributed by atoms with E-state index in [1.807, 2.05) is 30.4 Å². The van der Waals surface area contributed by atoms with Crippen molar-refractivity contribution >= 4 is 28.6 Å². The van der Waals surface area contributed by atoms with Crippen LogP contribution in [0.25, 0.3) is 0 Å². The summed E-state index contributed by atoms with van der Waals surface area (Å²) in [5.74, 6) is 0. The molecule has 17 heavy (non-hydrogen) atoms. The predicted molar refractivity (Wildman–Crippen MR) is 77.3 cm³/mol. The fraction of sp³-hybridized carbons (Fsp3) is 0.286. The van der Waals surface area contributed by atoms with Gasteiger partial charge in [-0.3, -0.25) is 0 Å². The molecule has 0 bridgehead atoms. The highest BCUT2D eigenvalue weighted by Gasteiger charge is 2.09. The van der Waals surface area contributed by atoms with Crippen LogP contribution in [-0.4, -0.2) is 0 Å². The van der Waals surface area contributed by atoms with Crippen LogP contribution in [0, 0.1) is 13.8 Å². The molecule has 0 aliphatic heterocycles. The lowest BCUT2D eigenvalue weighted by Gasteiger charge is -2.15. The van der Waals surface area contributed by atoms with Crippen LogP contribution >= 0.6 is 22.9 Å². The first-order valence-electron chi connectivity index (χ1n) is 5.65. The SMILES string of the molecule is Cc1ccc(NC(C)c2ccc(C)s2)c(Cl)c1. The molecule has 2 rings (SSSR count). The number of anilines is 1. The summed E-state index contributed by atoms with van der Waals surface area (Å²) in [5.41, 5.74) is 2.18. The summed E-state index contributed by atoms with van der Waals surface area (Å²) in [6.45, 7) is 6.32. The number of aryl methyl sites for hydroxylation is 2. The smallest absolute Gasteiger partial charge is 0.0640 e. The second-order valence-electron chi connectivity index (χ2n) is 4.30. The molecular formula is C14H16ClNS. The lowest BCUT2D eigenvalue weighted by Crippen LogP contribution is -2.05. The molecule has 3 heteroatoms. The Bertz CT molecular complexity index is 519. The van der Waals surface area contributed by atoms with E-state index in [4.69, 9.17) is 11.6 Å². The van der Waals surface area contributed by atoms with E-state index in [0.29, 0.717) is 0 Å². The van der Waals surface area contributed by atoms with Crippen LogP contribution in [0.2, 0.25) is 5.02 Å². The van der Waals surface area contributed by atoms with Crippen molar-refractivity contribution in [1.82, 2.24) is 0 Å². The third-order valence-corrected chi connectivity index (χ3v) is 4.18. The second kappa shape index (κ2) is 5.11. The Hall–Kier alpha value is -0.990. The number of benzene rings is 1. The summed E-state index contributed by atoms with van der Waals surface area (Å²) in [7, 11) is 0. The fourth-order valence-electron chi connectivity index (χ4n) is 1.73. The first-order valence-corrected chi connectivity index (χ1v) is 6.85. The molecule has 2 aromatic rings. The van der Waals surface area contributed by atoms with Gasteiger partial charge < -0.3 is 5.32 Å². The highest BCUT2D eigenvalue weighted by Crippen LogP contribution is 2.29. The molecule has 1 aromatic heterocycles. The van der Waals surface area contributed by atoms with Crippen LogP contribution in [0.5, 0.6) is 0 Å². The lowest BCUT2D eigenvalue weighted by molar-refractivity contribution is 0.908. The van der Waals surface area contributed by atoms with E-state index in [1.165, 1.54) is 15.3 Å². The molecule has 0 radical (unpaired) electrons. The van der Waals surface area contributed by atoms with Crippen molar-refractivity contribution in [2.24, 2.45) is 0 Å². The van der Waals surface area contributed by atoms with Crippen LogP contribution in [0.4, 0.5) is 5.69 Å². The van der Waals surface area contributed by atoms with E-state index in [0.717, 1.165) is 10.7 Å². The predicted octanol–water partition coefficient (Wildman–Crippen LogP) is 5.19. The van der Waals surface area contributed by atoms with Gasteiger partial charge in [0, 0.05) is 9.75 Å². The van der Waals surface area contributed by atoms with Crippen LogP contribution in [-0.2, 0) is 0 Å². The number of hydrogen-bond acceptors (Lipinski definition) is 2. The summed E-state index contributed by atoms with van der Waals surface area (Å²) in [5, 5.41) is 4.23. The van der Waals surface area contributed by atoms with E-state index >= 15 is 0 Å². The van der Waals surface area contributed by atoms with Gasteiger partial charge in [-0.25, -0.2) is 0 Å². The Balaban J connectivity index is 2.15. The van der Waals surface area contributed by atoms with Gasteiger partial charge in [0.05, 0.1) is 16.8 Å². The topological polar surface area (TPSA) is 12.0 Å². The zero-order valence-electron chi connectivity index (χ0n) is 10.3. The molecule has 1 aromatic carbocycles. The zero-order valence-corrected chi connectivity index (χ0v) is 11.8. The van der Waals surface area contributed by atoms with Crippen molar-refractivity contribution in [1.29, 1.82) is 0 Å². The van der Waals surface area contributed by atoms with Crippen LogP contribution in [0.1, 0.15) is 28.3 Å². The van der Waals surface area contributed by atoms with Crippen molar-refractivity contribution in [2.45, 2.75) is 26.8 Å². The van der Waals surface area contributed by atoms with Gasteiger partial charge in [-0.15, -0.1) is 11.3 Å². The number of nitrogens with one attached hydrogen (secondary N) is 1. The molecule has 1 heterocycles. The summed E-state index contributed by atoms with van der Waals surface area (Å²) in [6.07, 6.45) is 0. The molecule has 0 fully saturated rings. The van der Waals surface area contributed by atoms with Gasteiger partial charge in [0.1, 0.15) is 0 Å². The lowest BCUT2D eigenvalue weighted by atomic mass is 10.2. The van der Waals surface area contributed by atoms with Gasteiger partial charge in [0.25, 0.3) is 0 Å². The van der Waals surface area contributed by atoms with Crippen LogP contribution in [0.3, 0.4) is 0 Å². The average molecular weight is 266 g/mol. The summed E-state index contributed by atoms with van der Waals surface area (Å²) in [4.78, 5) is 2.67. The maximum Gasteiger partial charge on any atom is 0.0640 e. The second-order valence-corrected chi connectivity index (χ2v) is 6.02. The highest BCUT2D eigenvalue weighted by atomic mass is 35.5. The first kappa shape index (κ1) is 12.5. The number of hydrogen-bond donors (Lipinski definition) is 1. The van der Waals surface area contributed by atoms with E-state index < -0.39 is 0 Å². The maximum atomic E-state index is 6.21. The average Bonchev–Trinajstić information content (AvgIpc) is 2.69. The summed E-state index contributed by atoms with van der Waals surface area (Å²) in [6, 6.07) is 10.7. The van der Waals surface area contributed by atoms with Crippen molar-refractivity contribution < 1.29 is 0 Å². The standard InChI is InChI=1S/C14H16ClNS/c1-9-4-6-13(12(15)8-9)16-11(3)14-7-5-10(2)17-14/h4-8,11,16H,1-3H3. The van der Waals surface area contributed by atoms with Gasteiger partial charge in [-0.05, 0) is 50.6 Å². The fourth-order valence-corrected chi connectivity index (χ4v) is 2.90. The Morgan fingerprint density at radius 1 is 1.18 bits per heavy atom. The molecule has 1 nitrogen and oxygen atoms in total. The molecule has 0 aliphatic rings. The molecule has 1 atom stereocenters. The van der Waals surface area contributed by atoms with Gasteiger partial charge in [-0.2, -0.15) is 0 Å². The third kappa shape index (κ3) is 3.02. The summed E-state index contributed by atoms with van der Waals surface area (Å²) < 4.78 is 0. The van der Waals surface area contributed by atoms with Gasteiger partial charge in [-0.1, -0.05) is 17.7 Å². The Morgan fingerprint density at radius 3 is 2.53 bits per heavy atom. The zero-order chi connectivity index (χ0) is 12.4. The van der Waals surface area contributed by atoms with E-state index in [-0.39, 0.29) is 6.04 Å². The Morgan fingerprint density at radius 2 is 1.94 bits per heavy atom. The highest BCUT2D eigenvalue weighted by molar-refractivity contribution is 7.12. The Kier molecular flexibility index (Phi) is 3.75. The van der Waals surface area contributed by atoms with E-state index in [9.17, 15) is 0 Å². The molecule has 0 saturated heterocycles. The van der Waals surface area contributed by atoms with E-state index in [2.05, 4.69) is 37.4 Å². The van der Waals surface area contributed by atoms with Crippen molar-refractivity contribution in [3.63, 3.8) is 0 Å². The minimum Gasteiger partial charge on any atom is -0.377 e.